The Morgan fingerprint density at radius 3 is 2.19 bits per heavy atom. The molecular weight excluding hydrogens is 352 g/mol. The van der Waals surface area contributed by atoms with E-state index in [9.17, 15) is 0 Å². The van der Waals surface area contributed by atoms with Crippen LogP contribution in [0.1, 0.15) is 34.1 Å². The minimum Gasteiger partial charge on any atom is -0.408 e. The Morgan fingerprint density at radius 1 is 1.24 bits per heavy atom. The molecule has 0 bridgehead atoms. The zero-order valence-electron chi connectivity index (χ0n) is 13.9. The summed E-state index contributed by atoms with van der Waals surface area (Å²) in [5.74, 6) is -0.580. The molecule has 6 heteroatoms. The van der Waals surface area contributed by atoms with E-state index in [1.165, 1.54) is 0 Å². The molecule has 2 aliphatic heterocycles. The lowest BCUT2D eigenvalue weighted by molar-refractivity contribution is -0.287. The van der Waals surface area contributed by atoms with E-state index in [0.717, 1.165) is 36.5 Å². The van der Waals surface area contributed by atoms with Crippen LogP contribution in [0, 0.1) is 0 Å². The van der Waals surface area contributed by atoms with Gasteiger partial charge < -0.3 is 18.6 Å². The molecule has 4 atom stereocenters. The van der Waals surface area contributed by atoms with Gasteiger partial charge in [0.2, 0.25) is 0 Å². The third kappa shape index (κ3) is 3.40. The topological polar surface area (TPSA) is 40.2 Å². The Balaban J connectivity index is 2.21. The smallest absolute Gasteiger partial charge is 0.192 e. The second-order valence-electron chi connectivity index (χ2n) is 6.46. The number of alkyl halides is 1. The van der Waals surface area contributed by atoms with Gasteiger partial charge >= 0.3 is 0 Å². The van der Waals surface area contributed by atoms with Crippen molar-refractivity contribution in [2.45, 2.75) is 75.8 Å². The number of ether oxygens (including phenoxy) is 3. The van der Waals surface area contributed by atoms with E-state index in [4.69, 9.17) is 18.6 Å². The first kappa shape index (κ1) is 17.9. The molecule has 2 aliphatic rings. The van der Waals surface area contributed by atoms with Gasteiger partial charge in [0.15, 0.2) is 14.1 Å². The molecule has 0 aliphatic carbocycles. The van der Waals surface area contributed by atoms with Crippen molar-refractivity contribution in [2.24, 2.45) is 0 Å². The van der Waals surface area contributed by atoms with Crippen LogP contribution in [-0.2, 0) is 18.6 Å². The highest BCUT2D eigenvalue weighted by Gasteiger charge is 2.64. The molecule has 0 amide bonds. The zero-order chi connectivity index (χ0) is 15.7. The van der Waals surface area contributed by atoms with Gasteiger partial charge in [-0.15, -0.1) is 0 Å². The Hall–Kier alpha value is 0.537. The van der Waals surface area contributed by atoms with E-state index in [1.807, 2.05) is 6.92 Å². The van der Waals surface area contributed by atoms with Crippen molar-refractivity contribution in [3.8, 4) is 0 Å². The normalized spacial score (nSPS) is 39.7. The molecule has 1 spiro atoms. The van der Waals surface area contributed by atoms with E-state index in [1.54, 1.807) is 7.11 Å². The van der Waals surface area contributed by atoms with Crippen molar-refractivity contribution in [2.75, 3.05) is 19.0 Å². The lowest BCUT2D eigenvalue weighted by Crippen LogP contribution is -2.60. The second kappa shape index (κ2) is 6.57. The summed E-state index contributed by atoms with van der Waals surface area (Å²) in [6.45, 7) is 9.51. The summed E-state index contributed by atoms with van der Waals surface area (Å²) in [4.78, 5) is 0. The van der Waals surface area contributed by atoms with Crippen LogP contribution in [0.2, 0.25) is 18.1 Å². The largest absolute Gasteiger partial charge is 0.408 e. The van der Waals surface area contributed by atoms with Crippen molar-refractivity contribution in [3.05, 3.63) is 0 Å². The summed E-state index contributed by atoms with van der Waals surface area (Å²) in [5, 5.41) is 0.739. The predicted molar refractivity (Wildman–Crippen MR) is 89.5 cm³/mol. The van der Waals surface area contributed by atoms with E-state index < -0.39 is 14.1 Å². The number of hydrogen-bond acceptors (Lipinski definition) is 4. The van der Waals surface area contributed by atoms with Crippen LogP contribution in [0.5, 0.6) is 0 Å². The van der Waals surface area contributed by atoms with Gasteiger partial charge in [0.25, 0.3) is 0 Å². The molecule has 0 radical (unpaired) electrons. The first-order valence-corrected chi connectivity index (χ1v) is 11.7. The van der Waals surface area contributed by atoms with E-state index in [2.05, 4.69) is 36.7 Å². The third-order valence-electron chi connectivity index (χ3n) is 5.29. The summed E-state index contributed by atoms with van der Waals surface area (Å²) in [6.07, 6.45) is 0.737. The third-order valence-corrected chi connectivity index (χ3v) is 10.5. The van der Waals surface area contributed by atoms with Crippen LogP contribution in [0.4, 0.5) is 0 Å². The van der Waals surface area contributed by atoms with Gasteiger partial charge in [0.1, 0.15) is 11.7 Å². The number of methoxy groups -OCH3 is 1. The minimum absolute atomic E-state index is 0.0200. The lowest BCUT2D eigenvalue weighted by Gasteiger charge is -2.47. The second-order valence-corrected chi connectivity index (χ2v) is 11.8. The van der Waals surface area contributed by atoms with Gasteiger partial charge in [-0.2, -0.15) is 0 Å². The van der Waals surface area contributed by atoms with Crippen molar-refractivity contribution in [1.29, 1.82) is 0 Å². The molecule has 0 N–H and O–H groups in total. The summed E-state index contributed by atoms with van der Waals surface area (Å²) in [5.41, 5.74) is -0.209. The molecule has 2 saturated heterocycles. The number of halogens is 1. The van der Waals surface area contributed by atoms with Gasteiger partial charge in [-0.1, -0.05) is 36.7 Å². The molecule has 0 saturated carbocycles. The Morgan fingerprint density at radius 2 is 1.81 bits per heavy atom. The molecule has 2 fully saturated rings. The molecule has 0 aromatic carbocycles. The highest BCUT2D eigenvalue weighted by atomic mass is 79.9. The molecule has 2 heterocycles. The van der Waals surface area contributed by atoms with E-state index in [-0.39, 0.29) is 17.8 Å². The summed E-state index contributed by atoms with van der Waals surface area (Å²) in [6, 6.07) is 3.43. The van der Waals surface area contributed by atoms with Crippen LogP contribution in [0.15, 0.2) is 0 Å². The first-order chi connectivity index (χ1) is 9.92. The Bertz CT molecular complexity index is 351. The van der Waals surface area contributed by atoms with Gasteiger partial charge in [0, 0.05) is 18.9 Å². The van der Waals surface area contributed by atoms with Crippen LogP contribution in [0.25, 0.3) is 0 Å². The van der Waals surface area contributed by atoms with Crippen molar-refractivity contribution < 1.29 is 18.6 Å². The molecule has 2 rings (SSSR count). The van der Waals surface area contributed by atoms with Gasteiger partial charge in [0.05, 0.1) is 12.7 Å². The SMILES string of the molecule is CC[Si](CC)(CC)O[C@@H]1[C@H](CBr)O[C@@](C)(OC)C[C@@]12CO2. The quantitative estimate of drug-likeness (QED) is 0.383. The number of hydrogen-bond donors (Lipinski definition) is 0. The fraction of sp³-hybridized carbons (Fsp3) is 1.00. The van der Waals surface area contributed by atoms with Crippen LogP contribution in [0.3, 0.4) is 0 Å². The fourth-order valence-electron chi connectivity index (χ4n) is 3.45. The molecule has 124 valence electrons. The number of rotatable bonds is 7. The maximum Gasteiger partial charge on any atom is 0.192 e. The van der Waals surface area contributed by atoms with Gasteiger partial charge in [-0.05, 0) is 25.1 Å². The Kier molecular flexibility index (Phi) is 5.60. The summed E-state index contributed by atoms with van der Waals surface area (Å²) in [7, 11) is 0.0103. The van der Waals surface area contributed by atoms with Gasteiger partial charge in [-0.3, -0.25) is 0 Å². The fourth-order valence-corrected chi connectivity index (χ4v) is 6.83. The highest BCUT2D eigenvalue weighted by molar-refractivity contribution is 9.09. The molecule has 0 aromatic heterocycles. The maximum atomic E-state index is 6.75. The summed E-state index contributed by atoms with van der Waals surface area (Å²) >= 11 is 3.58. The standard InChI is InChI=1S/C15H29BrO4Si/c1-6-21(7-2,8-3)20-13-12(9-16)19-14(4,17-5)10-15(13)11-18-15/h12-13H,6-11H2,1-5H3/t12-,13+,14+,15+/m0/s1. The van der Waals surface area contributed by atoms with Gasteiger partial charge in [-0.25, -0.2) is 0 Å². The molecule has 4 nitrogen and oxygen atoms in total. The predicted octanol–water partition coefficient (Wildman–Crippen LogP) is 3.69. The van der Waals surface area contributed by atoms with E-state index in [0.29, 0.717) is 0 Å². The maximum absolute atomic E-state index is 6.75. The highest BCUT2D eigenvalue weighted by Crippen LogP contribution is 2.49. The monoisotopic (exact) mass is 380 g/mol. The molecule has 0 unspecified atom stereocenters. The zero-order valence-corrected chi connectivity index (χ0v) is 16.5. The number of epoxide rings is 1. The van der Waals surface area contributed by atoms with Crippen molar-refractivity contribution in [3.63, 3.8) is 0 Å². The van der Waals surface area contributed by atoms with E-state index >= 15 is 0 Å². The molecule has 21 heavy (non-hydrogen) atoms. The van der Waals surface area contributed by atoms with Crippen LogP contribution in [-0.4, -0.2) is 51.0 Å². The molecular formula is C15H29BrO4Si. The molecule has 0 aromatic rings. The van der Waals surface area contributed by atoms with Crippen molar-refractivity contribution in [1.82, 2.24) is 0 Å². The van der Waals surface area contributed by atoms with Crippen LogP contribution >= 0.6 is 15.9 Å². The summed E-state index contributed by atoms with van der Waals surface area (Å²) < 4.78 is 24.4. The minimum atomic E-state index is -1.69. The van der Waals surface area contributed by atoms with Crippen LogP contribution < -0.4 is 0 Å². The average molecular weight is 381 g/mol. The average Bonchev–Trinajstić information content (AvgIpc) is 3.26. The first-order valence-electron chi connectivity index (χ1n) is 8.02. The Labute approximate surface area is 138 Å². The lowest BCUT2D eigenvalue weighted by atomic mass is 9.88. The van der Waals surface area contributed by atoms with Crippen molar-refractivity contribution >= 4 is 24.2 Å².